The van der Waals surface area contributed by atoms with Gasteiger partial charge in [0, 0.05) is 38.6 Å². The van der Waals surface area contributed by atoms with Gasteiger partial charge in [-0.15, -0.1) is 0 Å². The number of benzene rings is 1. The zero-order valence-electron chi connectivity index (χ0n) is 12.1. The van der Waals surface area contributed by atoms with E-state index in [9.17, 15) is 13.2 Å². The number of piperazine rings is 1. The third-order valence-corrected chi connectivity index (χ3v) is 4.88. The summed E-state index contributed by atoms with van der Waals surface area (Å²) in [6.45, 7) is 4.27. The summed E-state index contributed by atoms with van der Waals surface area (Å²) >= 11 is 0. The highest BCUT2D eigenvalue weighted by Crippen LogP contribution is 2.07. The van der Waals surface area contributed by atoms with E-state index < -0.39 is 10.0 Å². The average Bonchev–Trinajstić information content (AvgIpc) is 2.48. The van der Waals surface area contributed by atoms with Crippen LogP contribution in [-0.2, 0) is 14.8 Å². The van der Waals surface area contributed by atoms with Gasteiger partial charge in [-0.2, -0.15) is 0 Å². The molecular weight excluding hydrogens is 290 g/mol. The summed E-state index contributed by atoms with van der Waals surface area (Å²) < 4.78 is 26.5. The number of hydrogen-bond donors (Lipinski definition) is 2. The van der Waals surface area contributed by atoms with Crippen molar-refractivity contribution < 1.29 is 13.2 Å². The highest BCUT2D eigenvalue weighted by molar-refractivity contribution is 7.89. The van der Waals surface area contributed by atoms with E-state index in [1.165, 1.54) is 12.1 Å². The fourth-order valence-corrected chi connectivity index (χ4v) is 3.35. The van der Waals surface area contributed by atoms with E-state index in [4.69, 9.17) is 0 Å². The highest BCUT2D eigenvalue weighted by Gasteiger charge is 2.20. The van der Waals surface area contributed by atoms with Crippen molar-refractivity contribution in [2.75, 3.05) is 26.2 Å². The Hall–Kier alpha value is -1.44. The number of carbonyl (C=O) groups excluding carboxylic acids is 1. The fourth-order valence-electron chi connectivity index (χ4n) is 2.29. The minimum atomic E-state index is -3.53. The molecule has 116 valence electrons. The van der Waals surface area contributed by atoms with Gasteiger partial charge in [0.15, 0.2) is 0 Å². The highest BCUT2D eigenvalue weighted by atomic mass is 32.2. The van der Waals surface area contributed by atoms with Crippen molar-refractivity contribution in [3.05, 3.63) is 30.3 Å². The number of rotatable bonds is 5. The zero-order valence-corrected chi connectivity index (χ0v) is 12.9. The molecule has 1 aliphatic rings. The first-order valence-electron chi connectivity index (χ1n) is 7.05. The van der Waals surface area contributed by atoms with Gasteiger partial charge in [-0.3, -0.25) is 4.79 Å². The Balaban J connectivity index is 1.82. The van der Waals surface area contributed by atoms with Gasteiger partial charge in [-0.05, 0) is 19.1 Å². The third-order valence-electron chi connectivity index (χ3n) is 3.41. The number of carbonyl (C=O) groups is 1. The number of sulfonamides is 1. The molecule has 1 aromatic carbocycles. The van der Waals surface area contributed by atoms with Gasteiger partial charge in [0.2, 0.25) is 15.9 Å². The summed E-state index contributed by atoms with van der Waals surface area (Å²) in [7, 11) is -3.53. The molecule has 1 heterocycles. The molecular formula is C14H21N3O3S. The van der Waals surface area contributed by atoms with Crippen LogP contribution in [0.4, 0.5) is 0 Å². The SMILES string of the molecule is CC1CN(C(=O)CCNS(=O)(=O)c2ccccc2)CCN1. The van der Waals surface area contributed by atoms with Gasteiger partial charge in [0.25, 0.3) is 0 Å². The van der Waals surface area contributed by atoms with Crippen LogP contribution in [0.2, 0.25) is 0 Å². The first-order chi connectivity index (χ1) is 9.99. The predicted octanol–water partition coefficient (Wildman–Crippen LogP) is 0.175. The van der Waals surface area contributed by atoms with E-state index in [2.05, 4.69) is 10.0 Å². The molecule has 1 unspecified atom stereocenters. The Morgan fingerprint density at radius 1 is 1.38 bits per heavy atom. The molecule has 0 aromatic heterocycles. The molecule has 6 nitrogen and oxygen atoms in total. The second-order valence-electron chi connectivity index (χ2n) is 5.16. The first-order valence-corrected chi connectivity index (χ1v) is 8.53. The van der Waals surface area contributed by atoms with Gasteiger partial charge in [-0.25, -0.2) is 13.1 Å². The van der Waals surface area contributed by atoms with Gasteiger partial charge in [0.1, 0.15) is 0 Å². The number of amides is 1. The lowest BCUT2D eigenvalue weighted by Gasteiger charge is -2.32. The normalized spacial score (nSPS) is 19.5. The number of hydrogen-bond acceptors (Lipinski definition) is 4. The molecule has 2 N–H and O–H groups in total. The van der Waals surface area contributed by atoms with Crippen molar-refractivity contribution in [2.45, 2.75) is 24.3 Å². The topological polar surface area (TPSA) is 78.5 Å². The van der Waals surface area contributed by atoms with E-state index in [0.717, 1.165) is 6.54 Å². The van der Waals surface area contributed by atoms with Crippen LogP contribution in [0.1, 0.15) is 13.3 Å². The predicted molar refractivity (Wildman–Crippen MR) is 80.3 cm³/mol. The second kappa shape index (κ2) is 7.02. The van der Waals surface area contributed by atoms with E-state index in [1.54, 1.807) is 23.1 Å². The molecule has 1 atom stereocenters. The van der Waals surface area contributed by atoms with E-state index >= 15 is 0 Å². The van der Waals surface area contributed by atoms with Gasteiger partial charge < -0.3 is 10.2 Å². The van der Waals surface area contributed by atoms with E-state index in [0.29, 0.717) is 13.1 Å². The van der Waals surface area contributed by atoms with Gasteiger partial charge >= 0.3 is 0 Å². The van der Waals surface area contributed by atoms with Crippen LogP contribution < -0.4 is 10.0 Å². The molecule has 1 aromatic rings. The molecule has 0 saturated carbocycles. The Morgan fingerprint density at radius 2 is 2.10 bits per heavy atom. The Morgan fingerprint density at radius 3 is 2.76 bits per heavy atom. The van der Waals surface area contributed by atoms with Crippen molar-refractivity contribution in [2.24, 2.45) is 0 Å². The quantitative estimate of drug-likeness (QED) is 0.813. The minimum absolute atomic E-state index is 0.0147. The monoisotopic (exact) mass is 311 g/mol. The van der Waals surface area contributed by atoms with Crippen molar-refractivity contribution in [3.8, 4) is 0 Å². The summed E-state index contributed by atoms with van der Waals surface area (Å²) in [6.07, 6.45) is 0.179. The summed E-state index contributed by atoms with van der Waals surface area (Å²) in [4.78, 5) is 14.0. The van der Waals surface area contributed by atoms with Crippen LogP contribution in [0.5, 0.6) is 0 Å². The maximum atomic E-state index is 12.0. The van der Waals surface area contributed by atoms with Crippen LogP contribution in [0.25, 0.3) is 0 Å². The van der Waals surface area contributed by atoms with Crippen molar-refractivity contribution >= 4 is 15.9 Å². The average molecular weight is 311 g/mol. The molecule has 2 rings (SSSR count). The lowest BCUT2D eigenvalue weighted by atomic mass is 10.2. The summed E-state index contributed by atoms with van der Waals surface area (Å²) in [5, 5.41) is 3.26. The first kappa shape index (κ1) is 15.9. The van der Waals surface area contributed by atoms with Crippen LogP contribution >= 0.6 is 0 Å². The molecule has 1 amide bonds. The smallest absolute Gasteiger partial charge is 0.240 e. The lowest BCUT2D eigenvalue weighted by Crippen LogP contribution is -2.51. The zero-order chi connectivity index (χ0) is 15.3. The molecule has 7 heteroatoms. The molecule has 0 bridgehead atoms. The molecule has 21 heavy (non-hydrogen) atoms. The third kappa shape index (κ3) is 4.52. The van der Waals surface area contributed by atoms with Gasteiger partial charge in [0.05, 0.1) is 4.90 Å². The number of nitrogens with one attached hydrogen (secondary N) is 2. The summed E-state index contributed by atoms with van der Waals surface area (Å²) in [5.74, 6) is -0.0147. The Bertz CT molecular complexity index is 574. The Labute approximate surface area is 125 Å². The fraction of sp³-hybridized carbons (Fsp3) is 0.500. The standard InChI is InChI=1S/C14H21N3O3S/c1-12-11-17(10-9-15-12)14(18)7-8-16-21(19,20)13-5-3-2-4-6-13/h2-6,12,15-16H,7-11H2,1H3. The van der Waals surface area contributed by atoms with Gasteiger partial charge in [-0.1, -0.05) is 18.2 Å². The minimum Gasteiger partial charge on any atom is -0.340 e. The molecule has 0 spiro atoms. The second-order valence-corrected chi connectivity index (χ2v) is 6.92. The summed E-state index contributed by atoms with van der Waals surface area (Å²) in [6, 6.07) is 8.44. The van der Waals surface area contributed by atoms with Crippen LogP contribution in [0, 0.1) is 0 Å². The molecule has 0 radical (unpaired) electrons. The Kier molecular flexibility index (Phi) is 5.33. The number of nitrogens with zero attached hydrogens (tertiary/aromatic N) is 1. The van der Waals surface area contributed by atoms with Crippen LogP contribution in [0.15, 0.2) is 35.2 Å². The van der Waals surface area contributed by atoms with E-state index in [1.807, 2.05) is 6.92 Å². The van der Waals surface area contributed by atoms with Crippen LogP contribution in [0.3, 0.4) is 0 Å². The van der Waals surface area contributed by atoms with Crippen molar-refractivity contribution in [1.29, 1.82) is 0 Å². The maximum absolute atomic E-state index is 12.0. The van der Waals surface area contributed by atoms with E-state index in [-0.39, 0.29) is 29.8 Å². The molecule has 1 aliphatic heterocycles. The molecule has 1 saturated heterocycles. The van der Waals surface area contributed by atoms with Crippen LogP contribution in [-0.4, -0.2) is 51.4 Å². The lowest BCUT2D eigenvalue weighted by molar-refractivity contribution is -0.132. The largest absolute Gasteiger partial charge is 0.340 e. The molecule has 1 fully saturated rings. The molecule has 0 aliphatic carbocycles. The maximum Gasteiger partial charge on any atom is 0.240 e. The van der Waals surface area contributed by atoms with Crippen molar-refractivity contribution in [3.63, 3.8) is 0 Å². The summed E-state index contributed by atoms with van der Waals surface area (Å²) in [5.41, 5.74) is 0. The van der Waals surface area contributed by atoms with Crippen molar-refractivity contribution in [1.82, 2.24) is 14.9 Å².